The second-order valence-electron chi connectivity index (χ2n) is 3.54. The molecule has 0 saturated heterocycles. The van der Waals surface area contributed by atoms with E-state index >= 15 is 0 Å². The van der Waals surface area contributed by atoms with E-state index in [2.05, 4.69) is 15.5 Å². The standard InChI is InChI=1S/C11H13N3OS2/c1-8(9-5-12-13-6-9)14-10(15)7-17-11-3-2-4-16-11/h2-6,8H,7H2,1H3,(H,12,13)(H,14,15). The van der Waals surface area contributed by atoms with Crippen molar-refractivity contribution in [1.29, 1.82) is 0 Å². The second kappa shape index (κ2) is 5.88. The van der Waals surface area contributed by atoms with Crippen LogP contribution in [0.5, 0.6) is 0 Å². The van der Waals surface area contributed by atoms with Gasteiger partial charge in [0.1, 0.15) is 0 Å². The molecule has 0 aliphatic rings. The van der Waals surface area contributed by atoms with Crippen molar-refractivity contribution in [3.05, 3.63) is 35.5 Å². The summed E-state index contributed by atoms with van der Waals surface area (Å²) in [6, 6.07) is 3.99. The predicted octanol–water partition coefficient (Wildman–Crippen LogP) is 2.44. The van der Waals surface area contributed by atoms with Gasteiger partial charge in [-0.2, -0.15) is 5.10 Å². The molecule has 1 unspecified atom stereocenters. The zero-order valence-corrected chi connectivity index (χ0v) is 11.0. The van der Waals surface area contributed by atoms with E-state index < -0.39 is 0 Å². The molecule has 2 heterocycles. The molecule has 1 amide bonds. The Labute approximate surface area is 108 Å². The molecule has 6 heteroatoms. The molecule has 0 saturated carbocycles. The summed E-state index contributed by atoms with van der Waals surface area (Å²) in [5.74, 6) is 0.486. The van der Waals surface area contributed by atoms with Crippen LogP contribution in [0.4, 0.5) is 0 Å². The molecular formula is C11H13N3OS2. The molecule has 2 rings (SSSR count). The summed E-state index contributed by atoms with van der Waals surface area (Å²) in [4.78, 5) is 11.7. The number of hydrogen-bond donors (Lipinski definition) is 2. The van der Waals surface area contributed by atoms with Crippen LogP contribution in [0.1, 0.15) is 18.5 Å². The van der Waals surface area contributed by atoms with Gasteiger partial charge in [0.2, 0.25) is 5.91 Å². The molecule has 2 aromatic heterocycles. The lowest BCUT2D eigenvalue weighted by atomic mass is 10.2. The maximum atomic E-state index is 11.7. The van der Waals surface area contributed by atoms with Crippen LogP contribution in [-0.2, 0) is 4.79 Å². The summed E-state index contributed by atoms with van der Waals surface area (Å²) >= 11 is 3.21. The molecule has 2 N–H and O–H groups in total. The first kappa shape index (κ1) is 12.2. The van der Waals surface area contributed by atoms with E-state index in [1.54, 1.807) is 35.5 Å². The number of hydrogen-bond acceptors (Lipinski definition) is 4. The first-order valence-corrected chi connectivity index (χ1v) is 7.06. The van der Waals surface area contributed by atoms with Gasteiger partial charge < -0.3 is 5.32 Å². The lowest BCUT2D eigenvalue weighted by molar-refractivity contribution is -0.119. The van der Waals surface area contributed by atoms with Crippen LogP contribution in [0, 0.1) is 0 Å². The Bertz CT molecular complexity index is 453. The Morgan fingerprint density at radius 3 is 3.24 bits per heavy atom. The van der Waals surface area contributed by atoms with Crippen molar-refractivity contribution < 1.29 is 4.79 Å². The third-order valence-corrected chi connectivity index (χ3v) is 4.37. The maximum absolute atomic E-state index is 11.7. The molecule has 4 nitrogen and oxygen atoms in total. The number of amides is 1. The van der Waals surface area contributed by atoms with Crippen molar-refractivity contribution in [2.75, 3.05) is 5.75 Å². The zero-order valence-electron chi connectivity index (χ0n) is 9.34. The summed E-state index contributed by atoms with van der Waals surface area (Å²) < 4.78 is 1.16. The van der Waals surface area contributed by atoms with Crippen molar-refractivity contribution >= 4 is 29.0 Å². The highest BCUT2D eigenvalue weighted by atomic mass is 32.2. The first-order chi connectivity index (χ1) is 8.25. The SMILES string of the molecule is CC(NC(=O)CSc1cccs1)c1cn[nH]c1. The molecule has 2 aromatic rings. The zero-order chi connectivity index (χ0) is 12.1. The Kier molecular flexibility index (Phi) is 4.22. The van der Waals surface area contributed by atoms with E-state index in [0.717, 1.165) is 9.77 Å². The molecule has 0 spiro atoms. The molecule has 90 valence electrons. The van der Waals surface area contributed by atoms with E-state index in [9.17, 15) is 4.79 Å². The van der Waals surface area contributed by atoms with Gasteiger partial charge in [0.05, 0.1) is 22.2 Å². The van der Waals surface area contributed by atoms with Crippen LogP contribution < -0.4 is 5.32 Å². The van der Waals surface area contributed by atoms with Crippen LogP contribution in [0.15, 0.2) is 34.1 Å². The largest absolute Gasteiger partial charge is 0.349 e. The topological polar surface area (TPSA) is 57.8 Å². The van der Waals surface area contributed by atoms with E-state index in [0.29, 0.717) is 5.75 Å². The second-order valence-corrected chi connectivity index (χ2v) is 5.76. The molecule has 1 atom stereocenters. The minimum atomic E-state index is -0.00909. The summed E-state index contributed by atoms with van der Waals surface area (Å²) in [5, 5.41) is 11.5. The number of carbonyl (C=O) groups is 1. The average molecular weight is 267 g/mol. The third-order valence-electron chi connectivity index (χ3n) is 2.24. The Balaban J connectivity index is 1.77. The number of H-pyrrole nitrogens is 1. The van der Waals surface area contributed by atoms with Crippen LogP contribution in [0.3, 0.4) is 0 Å². The molecule has 0 aliphatic carbocycles. The highest BCUT2D eigenvalue weighted by molar-refractivity contribution is 8.01. The number of nitrogens with one attached hydrogen (secondary N) is 2. The first-order valence-electron chi connectivity index (χ1n) is 5.20. The number of carbonyl (C=O) groups excluding carboxylic acids is 1. The molecular weight excluding hydrogens is 254 g/mol. The fourth-order valence-corrected chi connectivity index (χ4v) is 2.94. The predicted molar refractivity (Wildman–Crippen MR) is 70.2 cm³/mol. The van der Waals surface area contributed by atoms with Crippen LogP contribution >= 0.6 is 23.1 Å². The number of thiophene rings is 1. The molecule has 0 fully saturated rings. The summed E-state index contributed by atoms with van der Waals surface area (Å²) in [5.41, 5.74) is 0.986. The number of aromatic amines is 1. The van der Waals surface area contributed by atoms with Crippen molar-refractivity contribution in [1.82, 2.24) is 15.5 Å². The van der Waals surface area contributed by atoms with Crippen molar-refractivity contribution in [3.8, 4) is 0 Å². The highest BCUT2D eigenvalue weighted by Crippen LogP contribution is 2.23. The fraction of sp³-hybridized carbons (Fsp3) is 0.273. The minimum Gasteiger partial charge on any atom is -0.349 e. The Morgan fingerprint density at radius 2 is 2.59 bits per heavy atom. The van der Waals surface area contributed by atoms with E-state index in [4.69, 9.17) is 0 Å². The molecule has 0 bridgehead atoms. The van der Waals surface area contributed by atoms with Crippen LogP contribution in [0.25, 0.3) is 0 Å². The Hall–Kier alpha value is -1.27. The van der Waals surface area contributed by atoms with Gasteiger partial charge in [0.25, 0.3) is 0 Å². The van der Waals surface area contributed by atoms with Gasteiger partial charge >= 0.3 is 0 Å². The summed E-state index contributed by atoms with van der Waals surface area (Å²) in [6.45, 7) is 1.94. The molecule has 0 aliphatic heterocycles. The number of nitrogens with zero attached hydrogens (tertiary/aromatic N) is 1. The van der Waals surface area contributed by atoms with Gasteiger partial charge in [-0.15, -0.1) is 23.1 Å². The van der Waals surface area contributed by atoms with Crippen molar-refractivity contribution in [3.63, 3.8) is 0 Å². The molecule has 17 heavy (non-hydrogen) atoms. The van der Waals surface area contributed by atoms with Crippen LogP contribution in [0.2, 0.25) is 0 Å². The lowest BCUT2D eigenvalue weighted by Gasteiger charge is -2.11. The van der Waals surface area contributed by atoms with Crippen molar-refractivity contribution in [2.24, 2.45) is 0 Å². The number of rotatable bonds is 5. The normalized spacial score (nSPS) is 12.3. The number of thioether (sulfide) groups is 1. The smallest absolute Gasteiger partial charge is 0.230 e. The van der Waals surface area contributed by atoms with E-state index in [-0.39, 0.29) is 11.9 Å². The fourth-order valence-electron chi connectivity index (χ4n) is 1.35. The van der Waals surface area contributed by atoms with Gasteiger partial charge in [-0.1, -0.05) is 6.07 Å². The summed E-state index contributed by atoms with van der Waals surface area (Å²) in [7, 11) is 0. The minimum absolute atomic E-state index is 0.00909. The molecule has 0 aromatic carbocycles. The van der Waals surface area contributed by atoms with E-state index in [1.807, 2.05) is 24.4 Å². The van der Waals surface area contributed by atoms with Crippen molar-refractivity contribution in [2.45, 2.75) is 17.2 Å². The van der Waals surface area contributed by atoms with E-state index in [1.165, 1.54) is 0 Å². The van der Waals surface area contributed by atoms with Gasteiger partial charge in [-0.05, 0) is 18.4 Å². The van der Waals surface area contributed by atoms with Gasteiger partial charge in [-0.25, -0.2) is 0 Å². The third kappa shape index (κ3) is 3.61. The van der Waals surface area contributed by atoms with Gasteiger partial charge in [0.15, 0.2) is 0 Å². The van der Waals surface area contributed by atoms with Gasteiger partial charge in [-0.3, -0.25) is 9.89 Å². The maximum Gasteiger partial charge on any atom is 0.230 e. The lowest BCUT2D eigenvalue weighted by Crippen LogP contribution is -2.27. The number of aromatic nitrogens is 2. The highest BCUT2D eigenvalue weighted by Gasteiger charge is 2.10. The van der Waals surface area contributed by atoms with Crippen LogP contribution in [-0.4, -0.2) is 21.9 Å². The Morgan fingerprint density at radius 1 is 1.71 bits per heavy atom. The van der Waals surface area contributed by atoms with Gasteiger partial charge in [0, 0.05) is 11.8 Å². The molecule has 0 radical (unpaired) electrons. The summed E-state index contributed by atoms with van der Waals surface area (Å²) in [6.07, 6.45) is 3.51. The average Bonchev–Trinajstić information content (AvgIpc) is 2.99. The quantitative estimate of drug-likeness (QED) is 0.818. The monoisotopic (exact) mass is 267 g/mol.